The third kappa shape index (κ3) is 3.40. The summed E-state index contributed by atoms with van der Waals surface area (Å²) in [7, 11) is 0. The molecule has 1 saturated heterocycles. The molecule has 162 valence electrons. The molecule has 6 rings (SSSR count). The molecule has 3 N–H and O–H groups in total. The third-order valence-electron chi connectivity index (χ3n) is 7.71. The Hall–Kier alpha value is -2.38. The Morgan fingerprint density at radius 2 is 1.93 bits per heavy atom. The molecule has 0 spiro atoms. The van der Waals surface area contributed by atoms with Crippen LogP contribution in [0.2, 0.25) is 0 Å². The number of aromatic nitrogens is 2. The molecule has 2 amide bonds. The first-order valence-electron chi connectivity index (χ1n) is 11.2. The molecule has 4 bridgehead atoms. The average Bonchev–Trinajstić information content (AvgIpc) is 3.11. The number of hydrogen-bond donors (Lipinski definition) is 2. The quantitative estimate of drug-likeness (QED) is 0.784. The second kappa shape index (κ2) is 7.10. The summed E-state index contributed by atoms with van der Waals surface area (Å²) < 4.78 is 6.05. The molecule has 1 aromatic rings. The monoisotopic (exact) mass is 413 g/mol. The van der Waals surface area contributed by atoms with Gasteiger partial charge < -0.3 is 20.7 Å². The fourth-order valence-corrected chi connectivity index (χ4v) is 6.71. The Kier molecular flexibility index (Phi) is 4.63. The van der Waals surface area contributed by atoms with E-state index in [0.717, 1.165) is 55.9 Å². The van der Waals surface area contributed by atoms with Gasteiger partial charge in [0.2, 0.25) is 5.91 Å². The van der Waals surface area contributed by atoms with Gasteiger partial charge >= 0.3 is 6.09 Å². The van der Waals surface area contributed by atoms with Crippen molar-refractivity contribution in [2.45, 2.75) is 64.5 Å². The Balaban J connectivity index is 1.19. The molecule has 5 aliphatic rings. The van der Waals surface area contributed by atoms with Crippen molar-refractivity contribution >= 4 is 17.8 Å². The maximum atomic E-state index is 12.9. The minimum atomic E-state index is -0.351. The number of nitrogens with one attached hydrogen (secondary N) is 1. The van der Waals surface area contributed by atoms with Gasteiger partial charge in [0.25, 0.3) is 0 Å². The summed E-state index contributed by atoms with van der Waals surface area (Å²) >= 11 is 0. The van der Waals surface area contributed by atoms with E-state index in [4.69, 9.17) is 10.5 Å². The van der Waals surface area contributed by atoms with Crippen molar-refractivity contribution in [2.24, 2.45) is 28.9 Å². The van der Waals surface area contributed by atoms with E-state index < -0.39 is 0 Å². The summed E-state index contributed by atoms with van der Waals surface area (Å²) in [6.07, 6.45) is 5.17. The highest BCUT2D eigenvalue weighted by Gasteiger charge is 2.59. The van der Waals surface area contributed by atoms with E-state index in [1.165, 1.54) is 0 Å². The first-order chi connectivity index (χ1) is 14.3. The average molecular weight is 414 g/mol. The molecule has 1 aromatic heterocycles. The zero-order valence-corrected chi connectivity index (χ0v) is 17.8. The van der Waals surface area contributed by atoms with Crippen LogP contribution in [0.15, 0.2) is 6.07 Å². The van der Waals surface area contributed by atoms with Crippen molar-refractivity contribution in [3.05, 3.63) is 17.6 Å². The standard InChI is InChI=1S/C22H31N5O3/c1-12-5-18(25-13(2)24-12)26-17-3-4-27(11-17)21(29)30-19-15-6-14-7-16(19)10-22(8-14,9-15)20(23)28/h5,14-17,19H,3-4,6-11H2,1-2H3,(H2,23,28)(H,24,25,26)/t14?,15?,16?,17-,19-,22-/m1/s1. The third-order valence-corrected chi connectivity index (χ3v) is 7.71. The topological polar surface area (TPSA) is 110 Å². The van der Waals surface area contributed by atoms with Crippen molar-refractivity contribution in [2.75, 3.05) is 18.4 Å². The van der Waals surface area contributed by atoms with E-state index in [0.29, 0.717) is 19.0 Å². The fourth-order valence-electron chi connectivity index (χ4n) is 6.71. The lowest BCUT2D eigenvalue weighted by molar-refractivity contribution is -0.161. The van der Waals surface area contributed by atoms with E-state index in [1.54, 1.807) is 4.90 Å². The van der Waals surface area contributed by atoms with Crippen LogP contribution in [-0.2, 0) is 9.53 Å². The lowest BCUT2D eigenvalue weighted by Gasteiger charge is -2.58. The van der Waals surface area contributed by atoms with Gasteiger partial charge in [-0.1, -0.05) is 0 Å². The van der Waals surface area contributed by atoms with Crippen LogP contribution in [0.4, 0.5) is 10.6 Å². The molecule has 0 radical (unpaired) electrons. The van der Waals surface area contributed by atoms with E-state index in [-0.39, 0.29) is 41.4 Å². The minimum absolute atomic E-state index is 0.0688. The van der Waals surface area contributed by atoms with Crippen LogP contribution in [0, 0.1) is 37.0 Å². The second-order valence-corrected chi connectivity index (χ2v) is 9.98. The fraction of sp³-hybridized carbons (Fsp3) is 0.727. The maximum Gasteiger partial charge on any atom is 0.410 e. The van der Waals surface area contributed by atoms with Gasteiger partial charge in [0.15, 0.2) is 0 Å². The number of amides is 2. The van der Waals surface area contributed by atoms with Gasteiger partial charge in [-0.05, 0) is 70.1 Å². The maximum absolute atomic E-state index is 12.9. The highest BCUT2D eigenvalue weighted by molar-refractivity contribution is 5.81. The molecule has 2 unspecified atom stereocenters. The summed E-state index contributed by atoms with van der Waals surface area (Å²) in [4.78, 5) is 35.6. The van der Waals surface area contributed by atoms with Crippen LogP contribution in [0.25, 0.3) is 0 Å². The Bertz CT molecular complexity index is 838. The number of carbonyl (C=O) groups excluding carboxylic acids is 2. The molecule has 5 fully saturated rings. The summed E-state index contributed by atoms with van der Waals surface area (Å²) in [5.74, 6) is 2.49. The van der Waals surface area contributed by atoms with Crippen LogP contribution in [0.3, 0.4) is 0 Å². The van der Waals surface area contributed by atoms with Crippen LogP contribution in [-0.4, -0.2) is 52.1 Å². The molecule has 30 heavy (non-hydrogen) atoms. The highest BCUT2D eigenvalue weighted by atomic mass is 16.6. The van der Waals surface area contributed by atoms with Gasteiger partial charge in [-0.3, -0.25) is 4.79 Å². The van der Waals surface area contributed by atoms with Gasteiger partial charge in [-0.15, -0.1) is 0 Å². The molecular weight excluding hydrogens is 382 g/mol. The smallest absolute Gasteiger partial charge is 0.410 e. The summed E-state index contributed by atoms with van der Waals surface area (Å²) in [6, 6.07) is 2.08. The highest BCUT2D eigenvalue weighted by Crippen LogP contribution is 2.60. The van der Waals surface area contributed by atoms with Crippen LogP contribution >= 0.6 is 0 Å². The van der Waals surface area contributed by atoms with Gasteiger partial charge in [-0.25, -0.2) is 14.8 Å². The molecule has 3 atom stereocenters. The zero-order chi connectivity index (χ0) is 21.0. The predicted octanol–water partition coefficient (Wildman–Crippen LogP) is 2.40. The Morgan fingerprint density at radius 1 is 1.20 bits per heavy atom. The van der Waals surface area contributed by atoms with Gasteiger partial charge in [-0.2, -0.15) is 0 Å². The number of rotatable bonds is 4. The van der Waals surface area contributed by atoms with Crippen molar-refractivity contribution < 1.29 is 14.3 Å². The van der Waals surface area contributed by atoms with E-state index in [2.05, 4.69) is 15.3 Å². The molecule has 4 saturated carbocycles. The summed E-state index contributed by atoms with van der Waals surface area (Å²) in [6.45, 7) is 5.11. The number of primary amides is 1. The number of nitrogens with zero attached hydrogens (tertiary/aromatic N) is 3. The minimum Gasteiger partial charge on any atom is -0.446 e. The molecular formula is C22H31N5O3. The van der Waals surface area contributed by atoms with Crippen LogP contribution in [0.1, 0.15) is 50.0 Å². The zero-order valence-electron chi connectivity index (χ0n) is 17.8. The van der Waals surface area contributed by atoms with Gasteiger partial charge in [0.05, 0.1) is 5.41 Å². The van der Waals surface area contributed by atoms with Crippen molar-refractivity contribution in [1.29, 1.82) is 0 Å². The normalized spacial score (nSPS) is 36.7. The number of anilines is 1. The largest absolute Gasteiger partial charge is 0.446 e. The van der Waals surface area contributed by atoms with E-state index in [1.807, 2.05) is 19.9 Å². The summed E-state index contributed by atoms with van der Waals surface area (Å²) in [5, 5.41) is 3.43. The molecule has 8 heteroatoms. The number of ether oxygens (including phenoxy) is 1. The summed E-state index contributed by atoms with van der Waals surface area (Å²) in [5.41, 5.74) is 6.34. The van der Waals surface area contributed by atoms with Gasteiger partial charge in [0, 0.05) is 30.9 Å². The first-order valence-corrected chi connectivity index (χ1v) is 11.2. The lowest BCUT2D eigenvalue weighted by atomic mass is 9.48. The molecule has 0 aromatic carbocycles. The number of nitrogens with two attached hydrogens (primary N) is 1. The molecule has 8 nitrogen and oxygen atoms in total. The SMILES string of the molecule is Cc1cc(N[C@@H]2CCN(C(=O)O[C@H]3C4CC5CC3C[C@](C(N)=O)(C5)C4)C2)nc(C)n1. The molecule has 2 heterocycles. The number of carbonyl (C=O) groups is 2. The van der Waals surface area contributed by atoms with Crippen molar-refractivity contribution in [3.63, 3.8) is 0 Å². The molecule has 4 aliphatic carbocycles. The lowest BCUT2D eigenvalue weighted by Crippen LogP contribution is -2.59. The number of hydrogen-bond acceptors (Lipinski definition) is 6. The van der Waals surface area contributed by atoms with Crippen LogP contribution in [0.5, 0.6) is 0 Å². The van der Waals surface area contributed by atoms with Crippen LogP contribution < -0.4 is 11.1 Å². The Morgan fingerprint density at radius 3 is 2.60 bits per heavy atom. The van der Waals surface area contributed by atoms with E-state index in [9.17, 15) is 9.59 Å². The van der Waals surface area contributed by atoms with E-state index >= 15 is 0 Å². The van der Waals surface area contributed by atoms with Crippen molar-refractivity contribution in [1.82, 2.24) is 14.9 Å². The molecule has 1 aliphatic heterocycles. The number of aryl methyl sites for hydroxylation is 2. The predicted molar refractivity (Wildman–Crippen MR) is 111 cm³/mol. The first kappa shape index (κ1) is 19.6. The Labute approximate surface area is 177 Å². The van der Waals surface area contributed by atoms with Gasteiger partial charge in [0.1, 0.15) is 17.7 Å². The number of likely N-dealkylation sites (tertiary alicyclic amines) is 1. The van der Waals surface area contributed by atoms with Crippen molar-refractivity contribution in [3.8, 4) is 0 Å². The second-order valence-electron chi connectivity index (χ2n) is 9.98.